The van der Waals surface area contributed by atoms with Crippen LogP contribution in [0.25, 0.3) is 0 Å². The van der Waals surface area contributed by atoms with Gasteiger partial charge in [-0.3, -0.25) is 0 Å². The number of aryl methyl sites for hydroxylation is 2. The average Bonchev–Trinajstić information content (AvgIpc) is 2.95. The molecule has 2 aliphatic rings. The highest BCUT2D eigenvalue weighted by Gasteiger charge is 2.14. The van der Waals surface area contributed by atoms with Gasteiger partial charge >= 0.3 is 0 Å². The molecule has 0 amide bonds. The number of nitrogens with zero attached hydrogens (tertiary/aromatic N) is 3. The van der Waals surface area contributed by atoms with Crippen molar-refractivity contribution in [2.24, 2.45) is 4.99 Å². The molecule has 4 heteroatoms. The van der Waals surface area contributed by atoms with Crippen LogP contribution in [0.4, 0.5) is 5.13 Å². The van der Waals surface area contributed by atoms with Gasteiger partial charge in [-0.05, 0) is 38.5 Å². The van der Waals surface area contributed by atoms with E-state index in [0.29, 0.717) is 0 Å². The van der Waals surface area contributed by atoms with Crippen molar-refractivity contribution in [1.29, 1.82) is 0 Å². The van der Waals surface area contributed by atoms with Crippen molar-refractivity contribution >= 4 is 22.8 Å². The summed E-state index contributed by atoms with van der Waals surface area (Å²) in [6.07, 6.45) is 9.59. The summed E-state index contributed by atoms with van der Waals surface area (Å²) in [5.41, 5.74) is 1.31. The van der Waals surface area contributed by atoms with Crippen LogP contribution >= 0.6 is 11.3 Å². The number of aliphatic imine (C=N–C) groups is 1. The predicted molar refractivity (Wildman–Crippen MR) is 67.7 cm³/mol. The van der Waals surface area contributed by atoms with Crippen molar-refractivity contribution in [3.05, 3.63) is 10.6 Å². The normalized spacial score (nSPS) is 20.6. The molecule has 0 atom stereocenters. The molecule has 0 bridgehead atoms. The maximum Gasteiger partial charge on any atom is 0.210 e. The van der Waals surface area contributed by atoms with Crippen LogP contribution in [0.5, 0.6) is 0 Å². The van der Waals surface area contributed by atoms with E-state index in [1.54, 1.807) is 11.3 Å². The molecule has 1 aliphatic heterocycles. The third-order valence-corrected chi connectivity index (χ3v) is 4.37. The second-order valence-corrected chi connectivity index (χ2v) is 5.62. The van der Waals surface area contributed by atoms with Gasteiger partial charge in [0.2, 0.25) is 5.13 Å². The van der Waals surface area contributed by atoms with Crippen LogP contribution in [0.15, 0.2) is 4.99 Å². The van der Waals surface area contributed by atoms with Crippen LogP contribution in [0, 0.1) is 0 Å². The van der Waals surface area contributed by atoms with Gasteiger partial charge in [0.25, 0.3) is 0 Å². The molecule has 0 spiro atoms. The zero-order valence-electron chi connectivity index (χ0n) is 9.48. The Balaban J connectivity index is 1.71. The van der Waals surface area contributed by atoms with E-state index in [0.717, 1.165) is 24.6 Å². The largest absolute Gasteiger partial charge is 0.363 e. The minimum atomic E-state index is 0.957. The third-order valence-electron chi connectivity index (χ3n) is 3.31. The highest BCUT2D eigenvalue weighted by atomic mass is 32.1. The molecule has 0 unspecified atom stereocenters. The lowest BCUT2D eigenvalue weighted by atomic mass is 10.0. The van der Waals surface area contributed by atoms with E-state index in [1.165, 1.54) is 42.7 Å². The van der Waals surface area contributed by atoms with Gasteiger partial charge in [0.1, 0.15) is 0 Å². The maximum atomic E-state index is 4.61. The molecule has 2 heterocycles. The van der Waals surface area contributed by atoms with Gasteiger partial charge in [-0.25, -0.2) is 9.98 Å². The molecular weight excluding hydrogens is 218 g/mol. The SMILES string of the molecule is C(=Nc1nc2c(s1)CCCC2)N1CCCC1. The third kappa shape index (κ3) is 2.12. The van der Waals surface area contributed by atoms with E-state index in [1.807, 2.05) is 6.34 Å². The van der Waals surface area contributed by atoms with Crippen LogP contribution in [-0.2, 0) is 12.8 Å². The van der Waals surface area contributed by atoms with Gasteiger partial charge in [-0.15, -0.1) is 0 Å². The molecule has 3 rings (SSSR count). The Labute approximate surface area is 100 Å². The maximum absolute atomic E-state index is 4.61. The number of hydrogen-bond acceptors (Lipinski definition) is 3. The van der Waals surface area contributed by atoms with Gasteiger partial charge in [0, 0.05) is 18.0 Å². The number of rotatable bonds is 2. The zero-order valence-corrected chi connectivity index (χ0v) is 10.3. The Morgan fingerprint density at radius 1 is 1.12 bits per heavy atom. The van der Waals surface area contributed by atoms with Crippen molar-refractivity contribution in [2.75, 3.05) is 13.1 Å². The molecular formula is C12H17N3S. The van der Waals surface area contributed by atoms with Crippen molar-refractivity contribution < 1.29 is 0 Å². The van der Waals surface area contributed by atoms with E-state index in [-0.39, 0.29) is 0 Å². The van der Waals surface area contributed by atoms with Crippen LogP contribution in [-0.4, -0.2) is 29.3 Å². The molecule has 1 aromatic rings. The summed E-state index contributed by atoms with van der Waals surface area (Å²) in [4.78, 5) is 12.9. The topological polar surface area (TPSA) is 28.5 Å². The van der Waals surface area contributed by atoms with Gasteiger partial charge < -0.3 is 4.90 Å². The molecule has 1 aliphatic carbocycles. The fourth-order valence-electron chi connectivity index (χ4n) is 2.38. The zero-order chi connectivity index (χ0) is 10.8. The summed E-state index contributed by atoms with van der Waals surface area (Å²) in [5.74, 6) is 0. The highest BCUT2D eigenvalue weighted by molar-refractivity contribution is 7.15. The van der Waals surface area contributed by atoms with Crippen molar-refractivity contribution in [3.8, 4) is 0 Å². The minimum Gasteiger partial charge on any atom is -0.363 e. The molecule has 1 saturated heterocycles. The number of thiazole rings is 1. The standard InChI is InChI=1S/C12H17N3S/c1-2-6-11-10(5-1)14-12(16-11)13-9-15-7-3-4-8-15/h9H,1-8H2. The van der Waals surface area contributed by atoms with Crippen LogP contribution in [0.3, 0.4) is 0 Å². The second-order valence-electron chi connectivity index (χ2n) is 4.56. The van der Waals surface area contributed by atoms with Crippen molar-refractivity contribution in [3.63, 3.8) is 0 Å². The van der Waals surface area contributed by atoms with Crippen molar-refractivity contribution in [2.45, 2.75) is 38.5 Å². The summed E-state index contributed by atoms with van der Waals surface area (Å²) in [6, 6.07) is 0. The van der Waals surface area contributed by atoms with Crippen molar-refractivity contribution in [1.82, 2.24) is 9.88 Å². The summed E-state index contributed by atoms with van der Waals surface area (Å²) >= 11 is 1.78. The molecule has 1 aromatic heterocycles. The first-order valence-corrected chi connectivity index (χ1v) is 7.00. The first kappa shape index (κ1) is 10.3. The molecule has 1 fully saturated rings. The Morgan fingerprint density at radius 3 is 2.75 bits per heavy atom. The van der Waals surface area contributed by atoms with Crippen LogP contribution < -0.4 is 0 Å². The molecule has 16 heavy (non-hydrogen) atoms. The predicted octanol–water partition coefficient (Wildman–Crippen LogP) is 2.78. The van der Waals surface area contributed by atoms with Crippen LogP contribution in [0.1, 0.15) is 36.3 Å². The quantitative estimate of drug-likeness (QED) is 0.582. The fraction of sp³-hybridized carbons (Fsp3) is 0.667. The monoisotopic (exact) mass is 235 g/mol. The van der Waals surface area contributed by atoms with Gasteiger partial charge in [-0.1, -0.05) is 11.3 Å². The lowest BCUT2D eigenvalue weighted by Crippen LogP contribution is -2.15. The van der Waals surface area contributed by atoms with Gasteiger partial charge in [-0.2, -0.15) is 0 Å². The Kier molecular flexibility index (Phi) is 2.91. The number of hydrogen-bond donors (Lipinski definition) is 0. The number of likely N-dealkylation sites (tertiary alicyclic amines) is 1. The lowest BCUT2D eigenvalue weighted by molar-refractivity contribution is 0.536. The first-order valence-electron chi connectivity index (χ1n) is 6.19. The average molecular weight is 235 g/mol. The first-order chi connectivity index (χ1) is 7.92. The Hall–Kier alpha value is -0.900. The second kappa shape index (κ2) is 4.53. The van der Waals surface area contributed by atoms with E-state index < -0.39 is 0 Å². The summed E-state index contributed by atoms with van der Waals surface area (Å²) in [6.45, 7) is 2.32. The van der Waals surface area contributed by atoms with E-state index in [2.05, 4.69) is 14.9 Å². The number of aromatic nitrogens is 1. The molecule has 3 nitrogen and oxygen atoms in total. The lowest BCUT2D eigenvalue weighted by Gasteiger charge is -2.07. The number of fused-ring (bicyclic) bond motifs is 1. The summed E-state index contributed by atoms with van der Waals surface area (Å²) < 4.78 is 0. The molecule has 0 aromatic carbocycles. The molecule has 0 saturated carbocycles. The van der Waals surface area contributed by atoms with E-state index in [4.69, 9.17) is 0 Å². The van der Waals surface area contributed by atoms with Crippen LogP contribution in [0.2, 0.25) is 0 Å². The fourth-order valence-corrected chi connectivity index (χ4v) is 3.37. The smallest absolute Gasteiger partial charge is 0.210 e. The Bertz CT molecular complexity index is 367. The Morgan fingerprint density at radius 2 is 1.94 bits per heavy atom. The summed E-state index contributed by atoms with van der Waals surface area (Å²) in [7, 11) is 0. The summed E-state index contributed by atoms with van der Waals surface area (Å²) in [5, 5.41) is 0.957. The highest BCUT2D eigenvalue weighted by Crippen LogP contribution is 2.30. The van der Waals surface area contributed by atoms with E-state index in [9.17, 15) is 0 Å². The van der Waals surface area contributed by atoms with Gasteiger partial charge in [0.05, 0.1) is 12.0 Å². The molecule has 86 valence electrons. The molecule has 0 radical (unpaired) electrons. The molecule has 0 N–H and O–H groups in total. The van der Waals surface area contributed by atoms with E-state index >= 15 is 0 Å². The minimum absolute atomic E-state index is 0.957. The van der Waals surface area contributed by atoms with Gasteiger partial charge in [0.15, 0.2) is 0 Å².